The first-order chi connectivity index (χ1) is 10.5. The maximum absolute atomic E-state index is 12.4. The zero-order valence-corrected chi connectivity index (χ0v) is 13.8. The van der Waals surface area contributed by atoms with Gasteiger partial charge in [0.05, 0.1) is 31.9 Å². The average Bonchev–Trinajstić information content (AvgIpc) is 3.01. The second-order valence-electron chi connectivity index (χ2n) is 6.66. The van der Waals surface area contributed by atoms with E-state index >= 15 is 0 Å². The molecule has 0 aliphatic carbocycles. The maximum Gasteiger partial charge on any atom is 0.235 e. The fourth-order valence-corrected chi connectivity index (χ4v) is 2.94. The van der Waals surface area contributed by atoms with Gasteiger partial charge in [-0.15, -0.1) is 0 Å². The summed E-state index contributed by atoms with van der Waals surface area (Å²) in [6.07, 6.45) is 2.97. The van der Waals surface area contributed by atoms with Gasteiger partial charge >= 0.3 is 0 Å². The molecule has 1 amide bonds. The van der Waals surface area contributed by atoms with Gasteiger partial charge in [0.25, 0.3) is 0 Å². The molecule has 0 aromatic heterocycles. The fraction of sp³-hybridized carbons (Fsp3) is 0.875. The molecule has 0 spiro atoms. The molecule has 1 N–H and O–H groups in total. The number of nitrogens with one attached hydrogen (secondary N) is 1. The Labute approximate surface area is 132 Å². The van der Waals surface area contributed by atoms with Gasteiger partial charge in [0.1, 0.15) is 5.54 Å². The number of carbonyl (C=O) groups excluding carboxylic acids is 1. The monoisotopic (exact) mass is 309 g/mol. The van der Waals surface area contributed by atoms with Gasteiger partial charge in [0, 0.05) is 0 Å². The van der Waals surface area contributed by atoms with E-state index in [1.807, 2.05) is 13.8 Å². The van der Waals surface area contributed by atoms with Crippen LogP contribution in [0.3, 0.4) is 0 Å². The third kappa shape index (κ3) is 3.97. The fourth-order valence-electron chi connectivity index (χ4n) is 2.94. The summed E-state index contributed by atoms with van der Waals surface area (Å²) in [5.74, 6) is -0.0530. The average molecular weight is 309 g/mol. The zero-order chi connectivity index (χ0) is 16.2. The van der Waals surface area contributed by atoms with Gasteiger partial charge in [-0.05, 0) is 32.2 Å². The molecule has 2 heterocycles. The number of hydrogen-bond acceptors (Lipinski definition) is 5. The first kappa shape index (κ1) is 17.2. The lowest BCUT2D eigenvalue weighted by molar-refractivity contribution is -0.132. The second kappa shape index (κ2) is 7.40. The topological polar surface area (TPSA) is 74.6 Å². The Morgan fingerprint density at radius 2 is 2.09 bits per heavy atom. The Hall–Kier alpha value is -1.16. The predicted octanol–water partition coefficient (Wildman–Crippen LogP) is 1.27. The summed E-state index contributed by atoms with van der Waals surface area (Å²) in [4.78, 5) is 14.5. The van der Waals surface area contributed by atoms with Gasteiger partial charge < -0.3 is 14.8 Å². The van der Waals surface area contributed by atoms with Crippen molar-refractivity contribution in [2.24, 2.45) is 5.92 Å². The van der Waals surface area contributed by atoms with Crippen LogP contribution < -0.4 is 5.32 Å². The van der Waals surface area contributed by atoms with E-state index in [0.717, 1.165) is 25.8 Å². The van der Waals surface area contributed by atoms with E-state index in [0.29, 0.717) is 13.2 Å². The Kier molecular flexibility index (Phi) is 5.79. The summed E-state index contributed by atoms with van der Waals surface area (Å²) in [6, 6.07) is 2.35. The van der Waals surface area contributed by atoms with Crippen LogP contribution in [0.1, 0.15) is 40.0 Å². The van der Waals surface area contributed by atoms with Crippen LogP contribution in [0.25, 0.3) is 0 Å². The SMILES string of the molecule is CC(C)[C@@](C)(C#N)NC(=O)CN1CCCC[C@H]1C1OCCO1. The van der Waals surface area contributed by atoms with Crippen molar-refractivity contribution in [3.8, 4) is 6.07 Å². The highest BCUT2D eigenvalue weighted by Crippen LogP contribution is 2.24. The first-order valence-corrected chi connectivity index (χ1v) is 8.16. The number of carbonyl (C=O) groups is 1. The molecule has 0 saturated carbocycles. The van der Waals surface area contributed by atoms with Crippen molar-refractivity contribution >= 4 is 5.91 Å². The third-order valence-electron chi connectivity index (χ3n) is 4.76. The van der Waals surface area contributed by atoms with E-state index < -0.39 is 5.54 Å². The van der Waals surface area contributed by atoms with E-state index in [1.54, 1.807) is 6.92 Å². The molecule has 0 radical (unpaired) electrons. The van der Waals surface area contributed by atoms with Crippen LogP contribution in [0.5, 0.6) is 0 Å². The lowest BCUT2D eigenvalue weighted by Gasteiger charge is -2.38. The number of amides is 1. The van der Waals surface area contributed by atoms with Crippen LogP contribution in [-0.4, -0.2) is 55.0 Å². The highest BCUT2D eigenvalue weighted by molar-refractivity contribution is 5.79. The van der Waals surface area contributed by atoms with Gasteiger partial charge in [-0.2, -0.15) is 5.26 Å². The molecule has 22 heavy (non-hydrogen) atoms. The van der Waals surface area contributed by atoms with Gasteiger partial charge in [0.15, 0.2) is 6.29 Å². The Bertz CT molecular complexity index is 429. The van der Waals surface area contributed by atoms with Gasteiger partial charge in [0.2, 0.25) is 5.91 Å². The lowest BCUT2D eigenvalue weighted by Crippen LogP contribution is -2.55. The van der Waals surface area contributed by atoms with Crippen molar-refractivity contribution in [2.75, 3.05) is 26.3 Å². The molecule has 0 aromatic rings. The van der Waals surface area contributed by atoms with Crippen LogP contribution in [0.4, 0.5) is 0 Å². The highest BCUT2D eigenvalue weighted by atomic mass is 16.7. The van der Waals surface area contributed by atoms with E-state index in [1.165, 1.54) is 0 Å². The van der Waals surface area contributed by atoms with Crippen molar-refractivity contribution in [3.63, 3.8) is 0 Å². The number of nitrogens with zero attached hydrogens (tertiary/aromatic N) is 2. The van der Waals surface area contributed by atoms with Crippen LogP contribution >= 0.6 is 0 Å². The minimum atomic E-state index is -0.831. The third-order valence-corrected chi connectivity index (χ3v) is 4.76. The number of rotatable bonds is 5. The molecular weight excluding hydrogens is 282 g/mol. The van der Waals surface area contributed by atoms with E-state index in [4.69, 9.17) is 9.47 Å². The minimum absolute atomic E-state index is 0.0556. The molecule has 0 unspecified atom stereocenters. The van der Waals surface area contributed by atoms with Gasteiger partial charge in [-0.1, -0.05) is 20.3 Å². The van der Waals surface area contributed by atoms with Crippen molar-refractivity contribution in [1.82, 2.24) is 10.2 Å². The summed E-state index contributed by atoms with van der Waals surface area (Å²) in [6.45, 7) is 8.06. The minimum Gasteiger partial charge on any atom is -0.349 e. The summed E-state index contributed by atoms with van der Waals surface area (Å²) in [7, 11) is 0. The predicted molar refractivity (Wildman–Crippen MR) is 81.9 cm³/mol. The van der Waals surface area contributed by atoms with Crippen molar-refractivity contribution < 1.29 is 14.3 Å². The summed E-state index contributed by atoms with van der Waals surface area (Å²) >= 11 is 0. The van der Waals surface area contributed by atoms with Crippen molar-refractivity contribution in [1.29, 1.82) is 5.26 Å². The molecule has 2 saturated heterocycles. The first-order valence-electron chi connectivity index (χ1n) is 8.16. The highest BCUT2D eigenvalue weighted by Gasteiger charge is 2.36. The van der Waals surface area contributed by atoms with Crippen LogP contribution in [0.2, 0.25) is 0 Å². The van der Waals surface area contributed by atoms with Crippen LogP contribution in [-0.2, 0) is 14.3 Å². The van der Waals surface area contributed by atoms with Gasteiger partial charge in [-0.3, -0.25) is 9.69 Å². The molecule has 2 atom stereocenters. The number of likely N-dealkylation sites (tertiary alicyclic amines) is 1. The molecule has 0 bridgehead atoms. The number of piperidine rings is 1. The number of hydrogen-bond donors (Lipinski definition) is 1. The molecular formula is C16H27N3O3. The van der Waals surface area contributed by atoms with Crippen molar-refractivity contribution in [3.05, 3.63) is 0 Å². The molecule has 124 valence electrons. The number of ether oxygens (including phenoxy) is 2. The Morgan fingerprint density at radius 3 is 2.68 bits per heavy atom. The van der Waals surface area contributed by atoms with E-state index in [-0.39, 0.29) is 30.7 Å². The molecule has 2 aliphatic heterocycles. The summed E-state index contributed by atoms with van der Waals surface area (Å²) in [5.41, 5.74) is -0.831. The smallest absolute Gasteiger partial charge is 0.235 e. The summed E-state index contributed by atoms with van der Waals surface area (Å²) in [5, 5.41) is 12.2. The molecule has 6 heteroatoms. The van der Waals surface area contributed by atoms with Crippen molar-refractivity contribution in [2.45, 2.75) is 57.9 Å². The molecule has 6 nitrogen and oxygen atoms in total. The Morgan fingerprint density at radius 1 is 1.41 bits per heavy atom. The standard InChI is InChI=1S/C16H27N3O3/c1-12(2)16(3,11-17)18-14(20)10-19-7-5-4-6-13(19)15-21-8-9-22-15/h12-13,15H,4-10H2,1-3H3,(H,18,20)/t13-,16+/m0/s1. The normalized spacial score (nSPS) is 26.6. The Balaban J connectivity index is 1.95. The van der Waals surface area contributed by atoms with Crippen LogP contribution in [0, 0.1) is 17.2 Å². The molecule has 2 fully saturated rings. The van der Waals surface area contributed by atoms with E-state index in [2.05, 4.69) is 16.3 Å². The molecule has 2 rings (SSSR count). The molecule has 0 aromatic carbocycles. The maximum atomic E-state index is 12.4. The van der Waals surface area contributed by atoms with Gasteiger partial charge in [-0.25, -0.2) is 0 Å². The van der Waals surface area contributed by atoms with Crippen LogP contribution in [0.15, 0.2) is 0 Å². The lowest BCUT2D eigenvalue weighted by atomic mass is 9.90. The number of nitriles is 1. The summed E-state index contributed by atoms with van der Waals surface area (Å²) < 4.78 is 11.2. The largest absolute Gasteiger partial charge is 0.349 e. The van der Waals surface area contributed by atoms with E-state index in [9.17, 15) is 10.1 Å². The second-order valence-corrected chi connectivity index (χ2v) is 6.66. The molecule has 2 aliphatic rings. The zero-order valence-electron chi connectivity index (χ0n) is 13.8. The quantitative estimate of drug-likeness (QED) is 0.828.